The molecule has 1 aromatic carbocycles. The van der Waals surface area contributed by atoms with Gasteiger partial charge < -0.3 is 19.9 Å². The van der Waals surface area contributed by atoms with Crippen LogP contribution < -0.4 is 19.9 Å². The minimum Gasteiger partial charge on any atom is -0.495 e. The van der Waals surface area contributed by atoms with Gasteiger partial charge in [0.1, 0.15) is 16.4 Å². The van der Waals surface area contributed by atoms with E-state index in [-0.39, 0.29) is 22.4 Å². The molecule has 112 valence electrons. The first kappa shape index (κ1) is 14.9. The second-order valence-electron chi connectivity index (χ2n) is 4.43. The van der Waals surface area contributed by atoms with Crippen molar-refractivity contribution in [2.45, 2.75) is 17.4 Å². The Balaban J connectivity index is 2.36. The Labute approximate surface area is 118 Å². The molecule has 1 fully saturated rings. The fourth-order valence-electron chi connectivity index (χ4n) is 2.01. The molecule has 1 saturated heterocycles. The van der Waals surface area contributed by atoms with Gasteiger partial charge in [0.05, 0.1) is 26.5 Å². The molecule has 1 aliphatic rings. The first-order chi connectivity index (χ1) is 9.47. The van der Waals surface area contributed by atoms with E-state index < -0.39 is 10.0 Å². The van der Waals surface area contributed by atoms with Crippen LogP contribution >= 0.6 is 0 Å². The first-order valence-electron chi connectivity index (χ1n) is 6.09. The highest BCUT2D eigenvalue weighted by atomic mass is 32.2. The summed E-state index contributed by atoms with van der Waals surface area (Å²) in [6, 6.07) is 2.55. The molecule has 0 aliphatic carbocycles. The van der Waals surface area contributed by atoms with Crippen LogP contribution in [0.1, 0.15) is 6.42 Å². The number of nitrogens with one attached hydrogen (secondary N) is 1. The molecule has 1 aliphatic heterocycles. The standard InChI is InChI=1S/C12H18N2O5S/c1-17-10-6-11(18-2)12(5-9(10)13)20(15,16)14-8-3-4-19-7-8/h5-6,8,14H,3-4,7,13H2,1-2H3. The van der Waals surface area contributed by atoms with E-state index in [1.165, 1.54) is 26.4 Å². The smallest absolute Gasteiger partial charge is 0.244 e. The zero-order chi connectivity index (χ0) is 14.8. The summed E-state index contributed by atoms with van der Waals surface area (Å²) >= 11 is 0. The molecular formula is C12H18N2O5S. The fraction of sp³-hybridized carbons (Fsp3) is 0.500. The molecule has 1 heterocycles. The van der Waals surface area contributed by atoms with Crippen molar-refractivity contribution in [3.8, 4) is 11.5 Å². The zero-order valence-corrected chi connectivity index (χ0v) is 12.2. The van der Waals surface area contributed by atoms with Gasteiger partial charge in [0.2, 0.25) is 10.0 Å². The molecule has 0 bridgehead atoms. The highest BCUT2D eigenvalue weighted by Crippen LogP contribution is 2.33. The quantitative estimate of drug-likeness (QED) is 0.762. The van der Waals surface area contributed by atoms with Crippen LogP contribution in [-0.4, -0.2) is 41.9 Å². The summed E-state index contributed by atoms with van der Waals surface area (Å²) in [6.45, 7) is 0.919. The van der Waals surface area contributed by atoms with Crippen LogP contribution in [0.2, 0.25) is 0 Å². The average molecular weight is 302 g/mol. The van der Waals surface area contributed by atoms with Gasteiger partial charge in [0.25, 0.3) is 0 Å². The van der Waals surface area contributed by atoms with Crippen molar-refractivity contribution in [1.82, 2.24) is 4.72 Å². The lowest BCUT2D eigenvalue weighted by Gasteiger charge is -2.15. The molecule has 8 heteroatoms. The molecule has 0 aromatic heterocycles. The van der Waals surface area contributed by atoms with Gasteiger partial charge in [0, 0.05) is 18.7 Å². The number of hydrogen-bond acceptors (Lipinski definition) is 6. The maximum atomic E-state index is 12.4. The molecule has 0 saturated carbocycles. The van der Waals surface area contributed by atoms with Crippen LogP contribution in [0.4, 0.5) is 5.69 Å². The topological polar surface area (TPSA) is 99.9 Å². The van der Waals surface area contributed by atoms with Gasteiger partial charge in [-0.1, -0.05) is 0 Å². The summed E-state index contributed by atoms with van der Waals surface area (Å²) in [5, 5.41) is 0. The highest BCUT2D eigenvalue weighted by Gasteiger charge is 2.27. The molecule has 1 aromatic rings. The third-order valence-corrected chi connectivity index (χ3v) is 4.60. The number of anilines is 1. The summed E-state index contributed by atoms with van der Waals surface area (Å²) in [4.78, 5) is -0.00907. The van der Waals surface area contributed by atoms with Crippen molar-refractivity contribution >= 4 is 15.7 Å². The minimum absolute atomic E-state index is 0.00907. The monoisotopic (exact) mass is 302 g/mol. The Morgan fingerprint density at radius 1 is 1.30 bits per heavy atom. The number of benzene rings is 1. The van der Waals surface area contributed by atoms with Crippen molar-refractivity contribution < 1.29 is 22.6 Å². The third-order valence-electron chi connectivity index (χ3n) is 3.06. The van der Waals surface area contributed by atoms with E-state index in [0.717, 1.165) is 0 Å². The lowest BCUT2D eigenvalue weighted by atomic mass is 10.3. The summed E-state index contributed by atoms with van der Waals surface area (Å²) in [5.74, 6) is 0.549. The fourth-order valence-corrected chi connectivity index (χ4v) is 3.45. The minimum atomic E-state index is -3.72. The second kappa shape index (κ2) is 5.86. The van der Waals surface area contributed by atoms with Crippen LogP contribution in [0.3, 0.4) is 0 Å². The van der Waals surface area contributed by atoms with Crippen molar-refractivity contribution in [2.24, 2.45) is 0 Å². The molecule has 1 atom stereocenters. The lowest BCUT2D eigenvalue weighted by Crippen LogP contribution is -2.35. The Hall–Kier alpha value is -1.51. The van der Waals surface area contributed by atoms with Gasteiger partial charge in [-0.25, -0.2) is 13.1 Å². The van der Waals surface area contributed by atoms with Gasteiger partial charge in [-0.15, -0.1) is 0 Å². The SMILES string of the molecule is COc1cc(OC)c(S(=O)(=O)NC2CCOC2)cc1N. The van der Waals surface area contributed by atoms with E-state index in [4.69, 9.17) is 19.9 Å². The normalized spacial score (nSPS) is 19.0. The van der Waals surface area contributed by atoms with Gasteiger partial charge in [0.15, 0.2) is 0 Å². The summed E-state index contributed by atoms with van der Waals surface area (Å²) in [5.41, 5.74) is 6.00. The largest absolute Gasteiger partial charge is 0.495 e. The van der Waals surface area contributed by atoms with Gasteiger partial charge >= 0.3 is 0 Å². The van der Waals surface area contributed by atoms with Crippen molar-refractivity contribution in [2.75, 3.05) is 33.2 Å². The molecule has 2 rings (SSSR count). The number of hydrogen-bond donors (Lipinski definition) is 2. The van der Waals surface area contributed by atoms with E-state index in [2.05, 4.69) is 4.72 Å². The van der Waals surface area contributed by atoms with E-state index >= 15 is 0 Å². The van der Waals surface area contributed by atoms with E-state index in [1.54, 1.807) is 0 Å². The van der Waals surface area contributed by atoms with E-state index in [9.17, 15) is 8.42 Å². The van der Waals surface area contributed by atoms with Gasteiger partial charge in [-0.2, -0.15) is 0 Å². The van der Waals surface area contributed by atoms with Crippen LogP contribution in [0.25, 0.3) is 0 Å². The van der Waals surface area contributed by atoms with Gasteiger partial charge in [-0.05, 0) is 12.5 Å². The molecule has 0 spiro atoms. The Bertz CT molecular complexity index is 582. The number of nitrogens with two attached hydrogens (primary N) is 1. The molecule has 0 amide bonds. The van der Waals surface area contributed by atoms with Gasteiger partial charge in [-0.3, -0.25) is 0 Å². The van der Waals surface area contributed by atoms with Crippen LogP contribution in [0, 0.1) is 0 Å². The van der Waals surface area contributed by atoms with Crippen molar-refractivity contribution in [3.63, 3.8) is 0 Å². The zero-order valence-electron chi connectivity index (χ0n) is 11.4. The number of ether oxygens (including phenoxy) is 3. The number of methoxy groups -OCH3 is 2. The molecule has 7 nitrogen and oxygen atoms in total. The molecule has 20 heavy (non-hydrogen) atoms. The Kier molecular flexibility index (Phi) is 4.36. The Morgan fingerprint density at radius 3 is 2.55 bits per heavy atom. The first-order valence-corrected chi connectivity index (χ1v) is 7.58. The predicted molar refractivity (Wildman–Crippen MR) is 73.5 cm³/mol. The van der Waals surface area contributed by atoms with Crippen LogP contribution in [-0.2, 0) is 14.8 Å². The van der Waals surface area contributed by atoms with Crippen LogP contribution in [0.15, 0.2) is 17.0 Å². The maximum absolute atomic E-state index is 12.4. The molecule has 3 N–H and O–H groups in total. The predicted octanol–water partition coefficient (Wildman–Crippen LogP) is 0.353. The van der Waals surface area contributed by atoms with Crippen LogP contribution in [0.5, 0.6) is 11.5 Å². The average Bonchev–Trinajstić information content (AvgIpc) is 2.90. The molecular weight excluding hydrogens is 284 g/mol. The number of sulfonamides is 1. The Morgan fingerprint density at radius 2 is 2.00 bits per heavy atom. The molecule has 0 radical (unpaired) electrons. The van der Waals surface area contributed by atoms with E-state index in [1.807, 2.05) is 0 Å². The summed E-state index contributed by atoms with van der Waals surface area (Å²) in [6.07, 6.45) is 0.646. The maximum Gasteiger partial charge on any atom is 0.244 e. The number of rotatable bonds is 5. The lowest BCUT2D eigenvalue weighted by molar-refractivity contribution is 0.192. The van der Waals surface area contributed by atoms with Crippen molar-refractivity contribution in [3.05, 3.63) is 12.1 Å². The second-order valence-corrected chi connectivity index (χ2v) is 6.11. The van der Waals surface area contributed by atoms with Crippen molar-refractivity contribution in [1.29, 1.82) is 0 Å². The molecule has 1 unspecified atom stereocenters. The summed E-state index contributed by atoms with van der Waals surface area (Å²) in [7, 11) is -0.881. The highest BCUT2D eigenvalue weighted by molar-refractivity contribution is 7.89. The summed E-state index contributed by atoms with van der Waals surface area (Å²) < 4.78 is 42.6. The number of nitrogen functional groups attached to an aromatic ring is 1. The van der Waals surface area contributed by atoms with E-state index in [0.29, 0.717) is 25.4 Å². The third kappa shape index (κ3) is 2.97.